The number of aromatic carboxylic acids is 1. The fourth-order valence-corrected chi connectivity index (χ4v) is 1.43. The van der Waals surface area contributed by atoms with Gasteiger partial charge in [-0.15, -0.1) is 0 Å². The summed E-state index contributed by atoms with van der Waals surface area (Å²) in [5.41, 5.74) is 5.22. The number of carbonyl (C=O) groups is 2. The van der Waals surface area contributed by atoms with Crippen molar-refractivity contribution in [2.24, 2.45) is 5.73 Å². The number of primary amides is 1. The Labute approximate surface area is 107 Å². The van der Waals surface area contributed by atoms with Crippen LogP contribution in [0.2, 0.25) is 0 Å². The van der Waals surface area contributed by atoms with E-state index in [0.717, 1.165) is 0 Å². The van der Waals surface area contributed by atoms with E-state index >= 15 is 0 Å². The monoisotopic (exact) mass is 262 g/mol. The van der Waals surface area contributed by atoms with Crippen LogP contribution in [0, 0.1) is 0 Å². The highest BCUT2D eigenvalue weighted by molar-refractivity contribution is 5.95. The second kappa shape index (κ2) is 5.21. The molecular weight excluding hydrogens is 252 g/mol. The second-order valence-corrected chi connectivity index (χ2v) is 3.63. The quantitative estimate of drug-likeness (QED) is 0.832. The fourth-order valence-electron chi connectivity index (χ4n) is 1.43. The minimum Gasteiger partial charge on any atom is -0.485 e. The first-order valence-corrected chi connectivity index (χ1v) is 5.28. The molecule has 0 unspecified atom stereocenters. The van der Waals surface area contributed by atoms with Gasteiger partial charge in [0.1, 0.15) is 12.4 Å². The van der Waals surface area contributed by atoms with Crippen molar-refractivity contribution in [2.45, 2.75) is 6.61 Å². The molecule has 1 heterocycles. The van der Waals surface area contributed by atoms with E-state index in [1.54, 1.807) is 18.2 Å². The maximum atomic E-state index is 11.2. The summed E-state index contributed by atoms with van der Waals surface area (Å²) in [5, 5.41) is 12.0. The maximum Gasteiger partial charge on any atom is 0.358 e. The third kappa shape index (κ3) is 2.89. The molecule has 0 saturated carbocycles. The summed E-state index contributed by atoms with van der Waals surface area (Å²) in [4.78, 5) is 21.8. The van der Waals surface area contributed by atoms with Crippen LogP contribution in [0.4, 0.5) is 0 Å². The number of carbonyl (C=O) groups excluding carboxylic acids is 1. The lowest BCUT2D eigenvalue weighted by atomic mass is 10.2. The van der Waals surface area contributed by atoms with E-state index in [9.17, 15) is 9.59 Å². The summed E-state index contributed by atoms with van der Waals surface area (Å²) in [7, 11) is 0. The van der Waals surface area contributed by atoms with Crippen molar-refractivity contribution in [1.29, 1.82) is 0 Å². The molecule has 7 heteroatoms. The predicted octanol–water partition coefficient (Wildman–Crippen LogP) is 1.05. The van der Waals surface area contributed by atoms with Gasteiger partial charge in [-0.1, -0.05) is 17.3 Å². The van der Waals surface area contributed by atoms with Crippen LogP contribution in [0.25, 0.3) is 0 Å². The van der Waals surface area contributed by atoms with Crippen molar-refractivity contribution in [1.82, 2.24) is 5.16 Å². The molecule has 0 aliphatic rings. The zero-order valence-corrected chi connectivity index (χ0v) is 9.70. The molecule has 2 rings (SSSR count). The Hall–Kier alpha value is -2.83. The summed E-state index contributed by atoms with van der Waals surface area (Å²) in [6.45, 7) is -0.0510. The van der Waals surface area contributed by atoms with Crippen molar-refractivity contribution < 1.29 is 24.0 Å². The van der Waals surface area contributed by atoms with Gasteiger partial charge in [0, 0.05) is 6.07 Å². The van der Waals surface area contributed by atoms with Crippen LogP contribution in [-0.4, -0.2) is 22.1 Å². The van der Waals surface area contributed by atoms with Crippen LogP contribution >= 0.6 is 0 Å². The average Bonchev–Trinajstić information content (AvgIpc) is 2.85. The van der Waals surface area contributed by atoms with Crippen molar-refractivity contribution in [3.05, 3.63) is 47.3 Å². The van der Waals surface area contributed by atoms with E-state index in [-0.39, 0.29) is 23.6 Å². The van der Waals surface area contributed by atoms with E-state index in [0.29, 0.717) is 5.75 Å². The molecule has 0 aliphatic heterocycles. The Morgan fingerprint density at radius 2 is 2.11 bits per heavy atom. The number of carboxylic acid groups (broad SMARTS) is 1. The number of nitrogens with zero attached hydrogens (tertiary/aromatic N) is 1. The topological polar surface area (TPSA) is 116 Å². The van der Waals surface area contributed by atoms with Crippen molar-refractivity contribution in [3.8, 4) is 5.75 Å². The highest BCUT2D eigenvalue weighted by Crippen LogP contribution is 2.18. The number of hydrogen-bond donors (Lipinski definition) is 2. The van der Waals surface area contributed by atoms with E-state index in [4.69, 9.17) is 20.1 Å². The molecule has 98 valence electrons. The average molecular weight is 262 g/mol. The summed E-state index contributed by atoms with van der Waals surface area (Å²) in [6.07, 6.45) is 0. The van der Waals surface area contributed by atoms with Gasteiger partial charge in [-0.3, -0.25) is 4.79 Å². The lowest BCUT2D eigenvalue weighted by Crippen LogP contribution is -2.12. The van der Waals surface area contributed by atoms with Crippen molar-refractivity contribution in [2.75, 3.05) is 0 Å². The number of ether oxygens (including phenoxy) is 1. The van der Waals surface area contributed by atoms with Crippen LogP contribution in [0.5, 0.6) is 5.75 Å². The molecule has 0 fully saturated rings. The van der Waals surface area contributed by atoms with Gasteiger partial charge in [0.2, 0.25) is 0 Å². The molecule has 1 aromatic heterocycles. The summed E-state index contributed by atoms with van der Waals surface area (Å²) >= 11 is 0. The molecular formula is C12H10N2O5. The highest BCUT2D eigenvalue weighted by atomic mass is 16.5. The summed E-state index contributed by atoms with van der Waals surface area (Å²) < 4.78 is 10.1. The van der Waals surface area contributed by atoms with Gasteiger partial charge in [-0.25, -0.2) is 4.79 Å². The van der Waals surface area contributed by atoms with Gasteiger partial charge >= 0.3 is 5.97 Å². The number of carboxylic acids is 1. The van der Waals surface area contributed by atoms with Crippen LogP contribution in [-0.2, 0) is 6.61 Å². The number of aromatic nitrogens is 1. The normalized spacial score (nSPS) is 10.1. The second-order valence-electron chi connectivity index (χ2n) is 3.63. The third-order valence-electron chi connectivity index (χ3n) is 2.30. The van der Waals surface area contributed by atoms with Gasteiger partial charge in [-0.05, 0) is 12.1 Å². The molecule has 0 atom stereocenters. The largest absolute Gasteiger partial charge is 0.485 e. The van der Waals surface area contributed by atoms with Gasteiger partial charge in [0.25, 0.3) is 5.91 Å². The molecule has 0 aliphatic carbocycles. The van der Waals surface area contributed by atoms with E-state index < -0.39 is 11.9 Å². The SMILES string of the molecule is NC(=O)c1ccccc1OCc1cc(C(=O)O)no1. The number of hydrogen-bond acceptors (Lipinski definition) is 5. The number of amides is 1. The molecule has 2 aromatic rings. The molecule has 19 heavy (non-hydrogen) atoms. The predicted molar refractivity (Wildman–Crippen MR) is 62.8 cm³/mol. The van der Waals surface area contributed by atoms with Crippen LogP contribution in [0.1, 0.15) is 26.6 Å². The Balaban J connectivity index is 2.10. The lowest BCUT2D eigenvalue weighted by Gasteiger charge is -2.07. The third-order valence-corrected chi connectivity index (χ3v) is 2.30. The summed E-state index contributed by atoms with van der Waals surface area (Å²) in [6, 6.07) is 7.69. The molecule has 0 bridgehead atoms. The number of rotatable bonds is 5. The Bertz CT molecular complexity index is 620. The zero-order valence-electron chi connectivity index (χ0n) is 9.70. The molecule has 7 nitrogen and oxygen atoms in total. The fraction of sp³-hybridized carbons (Fsp3) is 0.0833. The van der Waals surface area contributed by atoms with Gasteiger partial charge in [-0.2, -0.15) is 0 Å². The van der Waals surface area contributed by atoms with E-state index in [1.807, 2.05) is 0 Å². The molecule has 0 radical (unpaired) electrons. The van der Waals surface area contributed by atoms with Crippen molar-refractivity contribution >= 4 is 11.9 Å². The standard InChI is InChI=1S/C12H10N2O5/c13-11(15)8-3-1-2-4-10(8)18-6-7-5-9(12(16)17)14-19-7/h1-5H,6H2,(H2,13,15)(H,16,17). The minimum atomic E-state index is -1.19. The molecule has 0 spiro atoms. The van der Waals surface area contributed by atoms with E-state index in [1.165, 1.54) is 12.1 Å². The minimum absolute atomic E-state index is 0.0510. The smallest absolute Gasteiger partial charge is 0.358 e. The van der Waals surface area contributed by atoms with Gasteiger partial charge in [0.05, 0.1) is 5.56 Å². The van der Waals surface area contributed by atoms with Crippen LogP contribution in [0.3, 0.4) is 0 Å². The van der Waals surface area contributed by atoms with Gasteiger partial charge < -0.3 is 20.1 Å². The summed E-state index contributed by atoms with van der Waals surface area (Å²) in [5.74, 6) is -1.27. The molecule has 3 N–H and O–H groups in total. The first-order chi connectivity index (χ1) is 9.08. The molecule has 1 amide bonds. The first-order valence-electron chi connectivity index (χ1n) is 5.28. The zero-order chi connectivity index (χ0) is 13.8. The van der Waals surface area contributed by atoms with E-state index in [2.05, 4.69) is 5.16 Å². The number of nitrogens with two attached hydrogens (primary N) is 1. The molecule has 0 saturated heterocycles. The maximum absolute atomic E-state index is 11.2. The Morgan fingerprint density at radius 3 is 2.74 bits per heavy atom. The highest BCUT2D eigenvalue weighted by Gasteiger charge is 2.13. The van der Waals surface area contributed by atoms with Crippen LogP contribution < -0.4 is 10.5 Å². The number of para-hydroxylation sites is 1. The lowest BCUT2D eigenvalue weighted by molar-refractivity contribution is 0.0685. The Morgan fingerprint density at radius 1 is 1.37 bits per heavy atom. The Kier molecular flexibility index (Phi) is 3.46. The number of benzene rings is 1. The van der Waals surface area contributed by atoms with Crippen molar-refractivity contribution in [3.63, 3.8) is 0 Å². The molecule has 1 aromatic carbocycles. The first kappa shape index (κ1) is 12.6. The van der Waals surface area contributed by atoms with Crippen LogP contribution in [0.15, 0.2) is 34.9 Å². The van der Waals surface area contributed by atoms with Gasteiger partial charge in [0.15, 0.2) is 11.5 Å².